The third kappa shape index (κ3) is 51.6. The van der Waals surface area contributed by atoms with E-state index in [-0.39, 0.29) is 18.5 Å². The molecular formula is C59H113NO5. The Bertz CT molecular complexity index is 1010. The van der Waals surface area contributed by atoms with Crippen molar-refractivity contribution in [3.8, 4) is 0 Å². The highest BCUT2D eigenvalue weighted by molar-refractivity contribution is 5.76. The fraction of sp³-hybridized carbons (Fsp3) is 0.898. The molecule has 0 aromatic carbocycles. The van der Waals surface area contributed by atoms with E-state index in [1.54, 1.807) is 6.08 Å². The van der Waals surface area contributed by atoms with Crippen LogP contribution in [0.1, 0.15) is 316 Å². The standard InChI is InChI=1S/C59H113NO5/c1-3-5-7-9-11-13-15-17-18-21-25-29-33-37-41-45-49-53-59(64)65-54-50-46-42-38-34-30-26-23-20-19-22-24-28-32-36-40-44-48-52-58(63)60-56(55-61)57(62)51-47-43-39-35-31-27-16-14-12-10-8-6-4-2/h17-18,47,51,56-57,61-62H,3-16,19-46,48-50,52-55H2,1-2H3,(H,60,63)/b18-17-,51-47+. The second-order valence-corrected chi connectivity index (χ2v) is 20.0. The first-order valence-electron chi connectivity index (χ1n) is 29.1. The zero-order valence-electron chi connectivity index (χ0n) is 43.7. The number of aliphatic hydroxyl groups is 2. The van der Waals surface area contributed by atoms with Crippen molar-refractivity contribution in [1.82, 2.24) is 5.32 Å². The third-order valence-electron chi connectivity index (χ3n) is 13.5. The SMILES string of the molecule is CCCCCCCC/C=C\CCCCCCCCCC(=O)OCCCCCCCCCCCCCCCCCCCCC(=O)NC(CO)C(O)/C=C/CCCCCCCCCCCCC. The van der Waals surface area contributed by atoms with Gasteiger partial charge < -0.3 is 20.3 Å². The van der Waals surface area contributed by atoms with Crippen LogP contribution in [0.3, 0.4) is 0 Å². The van der Waals surface area contributed by atoms with Crippen LogP contribution in [0.25, 0.3) is 0 Å². The minimum absolute atomic E-state index is 0.00325. The van der Waals surface area contributed by atoms with E-state index >= 15 is 0 Å². The lowest BCUT2D eigenvalue weighted by atomic mass is 10.0. The molecule has 3 N–H and O–H groups in total. The Morgan fingerprint density at radius 2 is 0.723 bits per heavy atom. The Morgan fingerprint density at radius 3 is 1.09 bits per heavy atom. The van der Waals surface area contributed by atoms with Gasteiger partial charge >= 0.3 is 5.97 Å². The van der Waals surface area contributed by atoms with Gasteiger partial charge in [0.1, 0.15) is 0 Å². The highest BCUT2D eigenvalue weighted by Crippen LogP contribution is 2.17. The average molecular weight is 917 g/mol. The molecule has 0 aliphatic rings. The minimum atomic E-state index is -0.846. The monoisotopic (exact) mass is 916 g/mol. The number of nitrogens with one attached hydrogen (secondary N) is 1. The van der Waals surface area contributed by atoms with Gasteiger partial charge in [-0.2, -0.15) is 0 Å². The molecule has 2 atom stereocenters. The summed E-state index contributed by atoms with van der Waals surface area (Å²) in [5, 5.41) is 23.1. The molecule has 6 nitrogen and oxygen atoms in total. The molecule has 0 aliphatic carbocycles. The van der Waals surface area contributed by atoms with Crippen LogP contribution >= 0.6 is 0 Å². The summed E-state index contributed by atoms with van der Waals surface area (Å²) in [7, 11) is 0. The number of rotatable bonds is 54. The number of esters is 1. The molecule has 0 aromatic rings. The Hall–Kier alpha value is -1.66. The maximum Gasteiger partial charge on any atom is 0.305 e. The first-order chi connectivity index (χ1) is 32.0. The molecule has 0 aliphatic heterocycles. The fourth-order valence-corrected chi connectivity index (χ4v) is 8.98. The summed E-state index contributed by atoms with van der Waals surface area (Å²) in [4.78, 5) is 24.5. The number of allylic oxidation sites excluding steroid dienone is 3. The summed E-state index contributed by atoms with van der Waals surface area (Å²) < 4.78 is 5.49. The predicted octanol–water partition coefficient (Wildman–Crippen LogP) is 17.9. The Morgan fingerprint density at radius 1 is 0.415 bits per heavy atom. The van der Waals surface area contributed by atoms with Crippen LogP contribution in [0.4, 0.5) is 0 Å². The van der Waals surface area contributed by atoms with Gasteiger partial charge in [-0.1, -0.05) is 269 Å². The van der Waals surface area contributed by atoms with E-state index in [0.29, 0.717) is 19.4 Å². The van der Waals surface area contributed by atoms with Crippen molar-refractivity contribution in [2.45, 2.75) is 328 Å². The van der Waals surface area contributed by atoms with Gasteiger partial charge in [-0.3, -0.25) is 9.59 Å². The maximum atomic E-state index is 12.4. The molecule has 6 heteroatoms. The van der Waals surface area contributed by atoms with Crippen molar-refractivity contribution in [2.75, 3.05) is 13.2 Å². The topological polar surface area (TPSA) is 95.9 Å². The molecule has 0 fully saturated rings. The lowest BCUT2D eigenvalue weighted by Crippen LogP contribution is -2.45. The molecule has 65 heavy (non-hydrogen) atoms. The zero-order valence-corrected chi connectivity index (χ0v) is 43.7. The second-order valence-electron chi connectivity index (χ2n) is 20.0. The van der Waals surface area contributed by atoms with E-state index in [1.165, 1.54) is 244 Å². The van der Waals surface area contributed by atoms with Crippen LogP contribution in [0.2, 0.25) is 0 Å². The summed E-state index contributed by atoms with van der Waals surface area (Å²) in [5.41, 5.74) is 0. The van der Waals surface area contributed by atoms with Crippen LogP contribution in [-0.2, 0) is 14.3 Å². The van der Waals surface area contributed by atoms with Gasteiger partial charge in [0.05, 0.1) is 25.4 Å². The number of unbranched alkanes of at least 4 members (excludes halogenated alkanes) is 41. The Kier molecular flexibility index (Phi) is 53.5. The van der Waals surface area contributed by atoms with E-state index in [0.717, 1.165) is 44.9 Å². The lowest BCUT2D eigenvalue weighted by Gasteiger charge is -2.20. The van der Waals surface area contributed by atoms with Crippen molar-refractivity contribution >= 4 is 11.9 Å². The van der Waals surface area contributed by atoms with Gasteiger partial charge in [-0.05, 0) is 57.8 Å². The van der Waals surface area contributed by atoms with Gasteiger partial charge in [0.25, 0.3) is 0 Å². The summed E-state index contributed by atoms with van der Waals surface area (Å²) in [6.07, 6.45) is 66.3. The van der Waals surface area contributed by atoms with Crippen molar-refractivity contribution in [1.29, 1.82) is 0 Å². The van der Waals surface area contributed by atoms with Gasteiger partial charge in [-0.25, -0.2) is 0 Å². The van der Waals surface area contributed by atoms with Crippen LogP contribution in [0.5, 0.6) is 0 Å². The zero-order chi connectivity index (χ0) is 47.2. The molecule has 0 bridgehead atoms. The number of aliphatic hydroxyl groups excluding tert-OH is 2. The highest BCUT2D eigenvalue weighted by atomic mass is 16.5. The number of carbonyl (C=O) groups is 2. The molecule has 0 saturated carbocycles. The van der Waals surface area contributed by atoms with Gasteiger partial charge in [0, 0.05) is 12.8 Å². The van der Waals surface area contributed by atoms with Crippen LogP contribution in [-0.4, -0.2) is 47.4 Å². The molecule has 0 heterocycles. The van der Waals surface area contributed by atoms with E-state index in [2.05, 4.69) is 31.3 Å². The molecule has 0 aromatic heterocycles. The van der Waals surface area contributed by atoms with E-state index in [9.17, 15) is 19.8 Å². The molecular weight excluding hydrogens is 803 g/mol. The number of carbonyl (C=O) groups excluding carboxylic acids is 2. The third-order valence-corrected chi connectivity index (χ3v) is 13.5. The molecule has 0 spiro atoms. The summed E-state index contributed by atoms with van der Waals surface area (Å²) in [6, 6.07) is -0.630. The summed E-state index contributed by atoms with van der Waals surface area (Å²) >= 11 is 0. The van der Waals surface area contributed by atoms with Crippen LogP contribution in [0, 0.1) is 0 Å². The first-order valence-corrected chi connectivity index (χ1v) is 29.1. The van der Waals surface area contributed by atoms with Crippen LogP contribution in [0.15, 0.2) is 24.3 Å². The first kappa shape index (κ1) is 63.3. The molecule has 2 unspecified atom stereocenters. The number of amides is 1. The smallest absolute Gasteiger partial charge is 0.305 e. The van der Waals surface area contributed by atoms with Gasteiger partial charge in [0.2, 0.25) is 5.91 Å². The summed E-state index contributed by atoms with van der Waals surface area (Å²) in [5.74, 6) is -0.0684. The van der Waals surface area contributed by atoms with E-state index in [1.807, 2.05) is 6.08 Å². The second kappa shape index (κ2) is 54.9. The van der Waals surface area contributed by atoms with Crippen molar-refractivity contribution in [3.05, 3.63) is 24.3 Å². The molecule has 1 amide bonds. The number of ether oxygens (including phenoxy) is 1. The maximum absolute atomic E-state index is 12.4. The fourth-order valence-electron chi connectivity index (χ4n) is 8.98. The minimum Gasteiger partial charge on any atom is -0.466 e. The molecule has 0 rings (SSSR count). The quantitative estimate of drug-likeness (QED) is 0.0321. The number of hydrogen-bond acceptors (Lipinski definition) is 5. The predicted molar refractivity (Wildman–Crippen MR) is 283 cm³/mol. The van der Waals surface area contributed by atoms with Gasteiger partial charge in [-0.15, -0.1) is 0 Å². The Balaban J connectivity index is 3.41. The van der Waals surface area contributed by atoms with Crippen molar-refractivity contribution < 1.29 is 24.5 Å². The van der Waals surface area contributed by atoms with Crippen molar-refractivity contribution in [2.24, 2.45) is 0 Å². The van der Waals surface area contributed by atoms with Crippen molar-refractivity contribution in [3.63, 3.8) is 0 Å². The van der Waals surface area contributed by atoms with Crippen LogP contribution < -0.4 is 5.32 Å². The van der Waals surface area contributed by atoms with E-state index < -0.39 is 12.1 Å². The highest BCUT2D eigenvalue weighted by Gasteiger charge is 2.18. The molecule has 384 valence electrons. The Labute approximate surface area is 405 Å². The lowest BCUT2D eigenvalue weighted by molar-refractivity contribution is -0.143. The van der Waals surface area contributed by atoms with E-state index in [4.69, 9.17) is 4.74 Å². The van der Waals surface area contributed by atoms with Gasteiger partial charge in [0.15, 0.2) is 0 Å². The summed E-state index contributed by atoms with van der Waals surface area (Å²) in [6.45, 7) is 4.90. The normalized spacial score (nSPS) is 12.7. The molecule has 0 saturated heterocycles. The number of hydrogen-bond donors (Lipinski definition) is 3. The molecule has 0 radical (unpaired) electrons. The average Bonchev–Trinajstić information content (AvgIpc) is 3.31. The largest absolute Gasteiger partial charge is 0.466 e.